The fraction of sp³-hybridized carbons (Fsp3) is 0.250. The van der Waals surface area contributed by atoms with E-state index in [-0.39, 0.29) is 0 Å². The van der Waals surface area contributed by atoms with Gasteiger partial charge >= 0.3 is 0 Å². The molecule has 1 aliphatic heterocycles. The quantitative estimate of drug-likeness (QED) is 0.773. The van der Waals surface area contributed by atoms with Gasteiger partial charge in [-0.25, -0.2) is 4.98 Å². The van der Waals surface area contributed by atoms with Crippen molar-refractivity contribution in [1.82, 2.24) is 15.0 Å². The summed E-state index contributed by atoms with van der Waals surface area (Å²) in [5.41, 5.74) is 4.53. The molecule has 0 aromatic carbocycles. The summed E-state index contributed by atoms with van der Waals surface area (Å²) < 4.78 is 0. The Morgan fingerprint density at radius 3 is 2.70 bits per heavy atom. The van der Waals surface area contributed by atoms with Crippen LogP contribution in [-0.4, -0.2) is 28.0 Å². The predicted molar refractivity (Wildman–Crippen MR) is 80.8 cm³/mol. The average Bonchev–Trinajstić information content (AvgIpc) is 3.17. The van der Waals surface area contributed by atoms with E-state index in [9.17, 15) is 0 Å². The first kappa shape index (κ1) is 11.5. The Balaban J connectivity index is 1.84. The van der Waals surface area contributed by atoms with E-state index < -0.39 is 0 Å². The Bertz CT molecular complexity index is 727. The van der Waals surface area contributed by atoms with Crippen molar-refractivity contribution in [3.63, 3.8) is 0 Å². The maximum atomic E-state index is 4.56. The molecule has 0 spiro atoms. The topological polar surface area (TPSA) is 44.8 Å². The zero-order chi connectivity index (χ0) is 13.4. The van der Waals surface area contributed by atoms with Crippen molar-refractivity contribution >= 4 is 16.7 Å². The number of nitrogens with zero attached hydrogens (tertiary/aromatic N) is 3. The number of hydrogen-bond acceptors (Lipinski definition) is 3. The van der Waals surface area contributed by atoms with Crippen LogP contribution < -0.4 is 4.90 Å². The number of pyridine rings is 2. The van der Waals surface area contributed by atoms with E-state index in [1.165, 1.54) is 35.0 Å². The van der Waals surface area contributed by atoms with E-state index in [2.05, 4.69) is 25.9 Å². The number of nitrogens with one attached hydrogen (secondary N) is 1. The van der Waals surface area contributed by atoms with Gasteiger partial charge in [0.2, 0.25) is 0 Å². The van der Waals surface area contributed by atoms with E-state index in [0.29, 0.717) is 0 Å². The van der Waals surface area contributed by atoms with Gasteiger partial charge in [0.1, 0.15) is 5.65 Å². The highest BCUT2D eigenvalue weighted by molar-refractivity contribution is 5.95. The Morgan fingerprint density at radius 1 is 1.10 bits per heavy atom. The van der Waals surface area contributed by atoms with Gasteiger partial charge < -0.3 is 9.88 Å². The van der Waals surface area contributed by atoms with Crippen molar-refractivity contribution in [1.29, 1.82) is 0 Å². The van der Waals surface area contributed by atoms with Crippen LogP contribution in [0.1, 0.15) is 12.8 Å². The zero-order valence-electron chi connectivity index (χ0n) is 11.2. The van der Waals surface area contributed by atoms with Gasteiger partial charge in [0, 0.05) is 42.6 Å². The third-order valence-electron chi connectivity index (χ3n) is 3.98. The predicted octanol–water partition coefficient (Wildman–Crippen LogP) is 3.23. The molecular formula is C16H16N4. The summed E-state index contributed by atoms with van der Waals surface area (Å²) in [4.78, 5) is 14.3. The van der Waals surface area contributed by atoms with Crippen molar-refractivity contribution in [3.05, 3.63) is 43.0 Å². The van der Waals surface area contributed by atoms with E-state index >= 15 is 0 Å². The molecule has 1 fully saturated rings. The highest BCUT2D eigenvalue weighted by atomic mass is 15.1. The summed E-state index contributed by atoms with van der Waals surface area (Å²) in [6.07, 6.45) is 10.2. The normalized spacial score (nSPS) is 15.1. The van der Waals surface area contributed by atoms with Crippen molar-refractivity contribution in [2.24, 2.45) is 0 Å². The third kappa shape index (κ3) is 1.84. The summed E-state index contributed by atoms with van der Waals surface area (Å²) in [6.45, 7) is 2.28. The molecule has 100 valence electrons. The summed E-state index contributed by atoms with van der Waals surface area (Å²) in [7, 11) is 0. The summed E-state index contributed by atoms with van der Waals surface area (Å²) in [5, 5.41) is 1.18. The first-order valence-electron chi connectivity index (χ1n) is 7.04. The molecule has 20 heavy (non-hydrogen) atoms. The van der Waals surface area contributed by atoms with Crippen LogP contribution in [0.5, 0.6) is 0 Å². The lowest BCUT2D eigenvalue weighted by Gasteiger charge is -2.17. The number of aromatic amines is 1. The number of H-pyrrole nitrogens is 1. The second kappa shape index (κ2) is 4.63. The Labute approximate surface area is 117 Å². The minimum absolute atomic E-state index is 0.944. The molecule has 0 amide bonds. The second-order valence-corrected chi connectivity index (χ2v) is 5.22. The van der Waals surface area contributed by atoms with Crippen molar-refractivity contribution in [2.75, 3.05) is 18.0 Å². The van der Waals surface area contributed by atoms with Gasteiger partial charge in [-0.2, -0.15) is 0 Å². The second-order valence-electron chi connectivity index (χ2n) is 5.22. The first-order chi connectivity index (χ1) is 9.92. The zero-order valence-corrected chi connectivity index (χ0v) is 11.2. The first-order valence-corrected chi connectivity index (χ1v) is 7.04. The molecule has 4 nitrogen and oxygen atoms in total. The lowest BCUT2D eigenvalue weighted by Crippen LogP contribution is -2.17. The third-order valence-corrected chi connectivity index (χ3v) is 3.98. The van der Waals surface area contributed by atoms with Crippen LogP contribution in [0.3, 0.4) is 0 Å². The van der Waals surface area contributed by atoms with Crippen LogP contribution >= 0.6 is 0 Å². The highest BCUT2D eigenvalue weighted by Gasteiger charge is 2.14. The van der Waals surface area contributed by atoms with Gasteiger partial charge in [0.05, 0.1) is 11.9 Å². The maximum Gasteiger partial charge on any atom is 0.138 e. The Kier molecular flexibility index (Phi) is 2.66. The molecule has 0 bridgehead atoms. The molecule has 4 rings (SSSR count). The number of rotatable bonds is 2. The lowest BCUT2D eigenvalue weighted by atomic mass is 10.1. The molecule has 0 radical (unpaired) electrons. The van der Waals surface area contributed by atoms with Gasteiger partial charge in [-0.3, -0.25) is 4.98 Å². The standard InChI is InChI=1S/C16H16N4/c1-2-8-20(7-1)13-9-14-15(11-19-16(14)18-10-13)12-3-5-17-6-4-12/h3-6,9-11H,1-2,7-8H2,(H,18,19). The molecule has 0 saturated carbocycles. The molecule has 0 atom stereocenters. The van der Waals surface area contributed by atoms with Crippen LogP contribution in [0.2, 0.25) is 0 Å². The number of aromatic nitrogens is 3. The molecule has 3 aromatic rings. The van der Waals surface area contributed by atoms with E-state index in [0.717, 1.165) is 18.7 Å². The molecule has 0 aliphatic carbocycles. The minimum Gasteiger partial charge on any atom is -0.370 e. The number of anilines is 1. The average molecular weight is 264 g/mol. The summed E-state index contributed by atoms with van der Waals surface area (Å²) >= 11 is 0. The van der Waals surface area contributed by atoms with Crippen LogP contribution in [0, 0.1) is 0 Å². The van der Waals surface area contributed by atoms with E-state index in [1.807, 2.05) is 36.9 Å². The Morgan fingerprint density at radius 2 is 1.90 bits per heavy atom. The molecule has 1 N–H and O–H groups in total. The minimum atomic E-state index is 0.944. The summed E-state index contributed by atoms with van der Waals surface area (Å²) in [6, 6.07) is 6.32. The molecule has 4 heteroatoms. The Hall–Kier alpha value is -2.36. The molecule has 1 saturated heterocycles. The molecular weight excluding hydrogens is 248 g/mol. The van der Waals surface area contributed by atoms with Crippen LogP contribution in [0.15, 0.2) is 43.0 Å². The largest absolute Gasteiger partial charge is 0.370 e. The van der Waals surface area contributed by atoms with Gasteiger partial charge in [-0.05, 0) is 36.6 Å². The smallest absolute Gasteiger partial charge is 0.138 e. The SMILES string of the molecule is c1cc(-c2c[nH]c3ncc(N4CCCC4)cc23)ccn1. The number of fused-ring (bicyclic) bond motifs is 1. The molecule has 1 aliphatic rings. The van der Waals surface area contributed by atoms with Gasteiger partial charge in [0.25, 0.3) is 0 Å². The van der Waals surface area contributed by atoms with Gasteiger partial charge in [-0.1, -0.05) is 0 Å². The maximum absolute atomic E-state index is 4.56. The van der Waals surface area contributed by atoms with Crippen LogP contribution in [-0.2, 0) is 0 Å². The van der Waals surface area contributed by atoms with Crippen molar-refractivity contribution < 1.29 is 0 Å². The number of hydrogen-bond donors (Lipinski definition) is 1. The van der Waals surface area contributed by atoms with Crippen molar-refractivity contribution in [2.45, 2.75) is 12.8 Å². The van der Waals surface area contributed by atoms with Gasteiger partial charge in [0.15, 0.2) is 0 Å². The van der Waals surface area contributed by atoms with Gasteiger partial charge in [-0.15, -0.1) is 0 Å². The molecule has 0 unspecified atom stereocenters. The van der Waals surface area contributed by atoms with Crippen LogP contribution in [0.4, 0.5) is 5.69 Å². The molecule has 4 heterocycles. The molecule has 3 aromatic heterocycles. The summed E-state index contributed by atoms with van der Waals surface area (Å²) in [5.74, 6) is 0. The van der Waals surface area contributed by atoms with E-state index in [4.69, 9.17) is 0 Å². The van der Waals surface area contributed by atoms with Crippen LogP contribution in [0.25, 0.3) is 22.2 Å². The monoisotopic (exact) mass is 264 g/mol. The highest BCUT2D eigenvalue weighted by Crippen LogP contribution is 2.30. The lowest BCUT2D eigenvalue weighted by molar-refractivity contribution is 0.949. The fourth-order valence-electron chi connectivity index (χ4n) is 2.91. The fourth-order valence-corrected chi connectivity index (χ4v) is 2.91. The van der Waals surface area contributed by atoms with E-state index in [1.54, 1.807) is 0 Å². The van der Waals surface area contributed by atoms with Crippen molar-refractivity contribution in [3.8, 4) is 11.1 Å².